The van der Waals surface area contributed by atoms with Gasteiger partial charge in [0, 0.05) is 24.6 Å². The highest BCUT2D eigenvalue weighted by atomic mass is 16.2. The van der Waals surface area contributed by atoms with Gasteiger partial charge in [0.15, 0.2) is 0 Å². The summed E-state index contributed by atoms with van der Waals surface area (Å²) in [5.41, 5.74) is 12.5. The summed E-state index contributed by atoms with van der Waals surface area (Å²) in [6.07, 6.45) is 5.33. The Morgan fingerprint density at radius 2 is 1.92 bits per heavy atom. The summed E-state index contributed by atoms with van der Waals surface area (Å²) in [5.74, 6) is 6.10. The Morgan fingerprint density at radius 3 is 2.69 bits per heavy atom. The van der Waals surface area contributed by atoms with Gasteiger partial charge in [-0.15, -0.1) is 0 Å². The molecule has 0 saturated carbocycles. The standard InChI is InChI=1S/C30H29N5O/c1-3-6-28-33-29-19(2)15-23(30(36)34-32)17-27(29)35(28)18-20-9-12-25-22(16-20)11-10-21-7-4-5-8-24(21)26(25)13-14-31/h4-5,7-9,12-13,15-17H,3,6,10-11,18,32H2,1-2H3,(H,34,36)/b26-13+. The van der Waals surface area contributed by atoms with Crippen LogP contribution in [0.4, 0.5) is 0 Å². The average molecular weight is 476 g/mol. The molecule has 0 spiro atoms. The van der Waals surface area contributed by atoms with Gasteiger partial charge in [-0.1, -0.05) is 49.4 Å². The van der Waals surface area contributed by atoms with Gasteiger partial charge >= 0.3 is 0 Å². The van der Waals surface area contributed by atoms with E-state index in [-0.39, 0.29) is 5.91 Å². The van der Waals surface area contributed by atoms with E-state index in [1.54, 1.807) is 6.08 Å². The zero-order chi connectivity index (χ0) is 25.2. The highest BCUT2D eigenvalue weighted by Crippen LogP contribution is 2.34. The van der Waals surface area contributed by atoms with Crippen LogP contribution >= 0.6 is 0 Å². The van der Waals surface area contributed by atoms with Gasteiger partial charge in [0.05, 0.1) is 17.1 Å². The summed E-state index contributed by atoms with van der Waals surface area (Å²) >= 11 is 0. The van der Waals surface area contributed by atoms with Crippen LogP contribution in [0.3, 0.4) is 0 Å². The second-order valence-corrected chi connectivity index (χ2v) is 9.33. The number of nitrogens with zero attached hydrogens (tertiary/aromatic N) is 3. The van der Waals surface area contributed by atoms with E-state index in [9.17, 15) is 10.1 Å². The molecule has 0 radical (unpaired) electrons. The lowest BCUT2D eigenvalue weighted by atomic mass is 9.93. The van der Waals surface area contributed by atoms with Crippen molar-refractivity contribution in [1.82, 2.24) is 15.0 Å². The highest BCUT2D eigenvalue weighted by Gasteiger charge is 2.20. The average Bonchev–Trinajstić information content (AvgIpc) is 3.15. The molecule has 0 aliphatic heterocycles. The number of aromatic nitrogens is 2. The fourth-order valence-electron chi connectivity index (χ4n) is 5.28. The van der Waals surface area contributed by atoms with Gasteiger partial charge in [0.1, 0.15) is 5.82 Å². The van der Waals surface area contributed by atoms with E-state index in [2.05, 4.69) is 59.4 Å². The third-order valence-corrected chi connectivity index (χ3v) is 6.97. The van der Waals surface area contributed by atoms with Crippen molar-refractivity contribution in [3.63, 3.8) is 0 Å². The fraction of sp³-hybridized carbons (Fsp3) is 0.233. The van der Waals surface area contributed by atoms with Crippen LogP contribution < -0.4 is 11.3 Å². The first-order valence-electron chi connectivity index (χ1n) is 12.3. The van der Waals surface area contributed by atoms with Crippen LogP contribution in [0.5, 0.6) is 0 Å². The molecular formula is C30H29N5O. The molecule has 1 aliphatic rings. The van der Waals surface area contributed by atoms with Crippen molar-refractivity contribution >= 4 is 22.5 Å². The monoisotopic (exact) mass is 475 g/mol. The number of imidazole rings is 1. The Morgan fingerprint density at radius 1 is 1.14 bits per heavy atom. The number of carbonyl (C=O) groups is 1. The minimum Gasteiger partial charge on any atom is -0.323 e. The first-order chi connectivity index (χ1) is 17.5. The minimum atomic E-state index is -0.314. The van der Waals surface area contributed by atoms with Crippen LogP contribution in [0.2, 0.25) is 0 Å². The molecule has 6 nitrogen and oxygen atoms in total. The zero-order valence-corrected chi connectivity index (χ0v) is 20.6. The molecular weight excluding hydrogens is 446 g/mol. The third-order valence-electron chi connectivity index (χ3n) is 6.97. The second kappa shape index (κ2) is 9.80. The molecule has 0 fully saturated rings. The summed E-state index contributed by atoms with van der Waals surface area (Å²) in [6.45, 7) is 4.77. The third kappa shape index (κ3) is 4.19. The first-order valence-corrected chi connectivity index (χ1v) is 12.3. The number of aryl methyl sites for hydroxylation is 4. The number of allylic oxidation sites excluding steroid dienone is 1. The predicted octanol–water partition coefficient (Wildman–Crippen LogP) is 5.00. The van der Waals surface area contributed by atoms with Crippen molar-refractivity contribution in [2.45, 2.75) is 46.1 Å². The number of benzene rings is 3. The van der Waals surface area contributed by atoms with Crippen molar-refractivity contribution in [3.8, 4) is 6.07 Å². The molecule has 0 unspecified atom stereocenters. The summed E-state index contributed by atoms with van der Waals surface area (Å²) in [7, 11) is 0. The Balaban J connectivity index is 1.60. The maximum atomic E-state index is 12.3. The van der Waals surface area contributed by atoms with E-state index in [4.69, 9.17) is 10.8 Å². The number of fused-ring (bicyclic) bond motifs is 3. The van der Waals surface area contributed by atoms with Gasteiger partial charge in [-0.25, -0.2) is 10.8 Å². The van der Waals surface area contributed by atoms with Crippen molar-refractivity contribution in [2.75, 3.05) is 0 Å². The van der Waals surface area contributed by atoms with Crippen molar-refractivity contribution in [3.05, 3.63) is 105 Å². The summed E-state index contributed by atoms with van der Waals surface area (Å²) in [5, 5.41) is 9.50. The molecule has 1 aromatic heterocycles. The molecule has 0 saturated heterocycles. The van der Waals surface area contributed by atoms with Gasteiger partial charge in [0.2, 0.25) is 0 Å². The number of nitrogen functional groups attached to an aromatic ring is 1. The molecule has 3 aromatic carbocycles. The maximum absolute atomic E-state index is 12.3. The van der Waals surface area contributed by atoms with Crippen molar-refractivity contribution in [1.29, 1.82) is 5.26 Å². The largest absolute Gasteiger partial charge is 0.323 e. The van der Waals surface area contributed by atoms with E-state index in [1.165, 1.54) is 16.7 Å². The lowest BCUT2D eigenvalue weighted by molar-refractivity contribution is 0.0953. The molecule has 5 rings (SSSR count). The fourth-order valence-corrected chi connectivity index (χ4v) is 5.28. The summed E-state index contributed by atoms with van der Waals surface area (Å²) in [6, 6.07) is 20.9. The number of carbonyl (C=O) groups excluding carboxylic acids is 1. The number of rotatable bonds is 5. The number of hydrazine groups is 1. The number of nitrogens with two attached hydrogens (primary N) is 1. The van der Waals surface area contributed by atoms with Crippen LogP contribution in [-0.2, 0) is 25.8 Å². The Hall–Kier alpha value is -4.21. The van der Waals surface area contributed by atoms with Crippen LogP contribution in [0.1, 0.15) is 62.9 Å². The van der Waals surface area contributed by atoms with Crippen LogP contribution in [0, 0.1) is 18.3 Å². The van der Waals surface area contributed by atoms with Gasteiger partial charge in [-0.2, -0.15) is 5.26 Å². The SMILES string of the molecule is CCCc1nc2c(C)cc(C(=O)NN)cc2n1Cc1ccc2c(c1)CCc1ccccc1/C2=C\C#N. The number of hydrogen-bond donors (Lipinski definition) is 2. The quantitative estimate of drug-likeness (QED) is 0.184. The van der Waals surface area contributed by atoms with E-state index in [0.29, 0.717) is 12.1 Å². The number of hydrogen-bond acceptors (Lipinski definition) is 4. The van der Waals surface area contributed by atoms with Crippen LogP contribution in [-0.4, -0.2) is 15.5 Å². The lowest BCUT2D eigenvalue weighted by Crippen LogP contribution is -2.30. The smallest absolute Gasteiger partial charge is 0.265 e. The van der Waals surface area contributed by atoms with Crippen LogP contribution in [0.25, 0.3) is 16.6 Å². The maximum Gasteiger partial charge on any atom is 0.265 e. The molecule has 1 aliphatic carbocycles. The van der Waals surface area contributed by atoms with Crippen molar-refractivity contribution < 1.29 is 4.79 Å². The number of nitriles is 1. The molecule has 3 N–H and O–H groups in total. The molecule has 1 amide bonds. The minimum absolute atomic E-state index is 0.314. The summed E-state index contributed by atoms with van der Waals surface area (Å²) < 4.78 is 2.22. The Bertz CT molecular complexity index is 1550. The van der Waals surface area contributed by atoms with Gasteiger partial charge in [-0.05, 0) is 77.3 Å². The van der Waals surface area contributed by atoms with Gasteiger partial charge in [0.25, 0.3) is 5.91 Å². The topological polar surface area (TPSA) is 96.7 Å². The molecule has 1 heterocycles. The Kier molecular flexibility index (Phi) is 6.41. The Labute approximate surface area is 211 Å². The summed E-state index contributed by atoms with van der Waals surface area (Å²) in [4.78, 5) is 17.2. The predicted molar refractivity (Wildman–Crippen MR) is 142 cm³/mol. The lowest BCUT2D eigenvalue weighted by Gasteiger charge is -2.14. The van der Waals surface area contributed by atoms with Gasteiger partial charge in [-0.3, -0.25) is 10.2 Å². The van der Waals surface area contributed by atoms with E-state index >= 15 is 0 Å². The normalized spacial score (nSPS) is 13.7. The molecule has 36 heavy (non-hydrogen) atoms. The molecule has 6 heteroatoms. The molecule has 0 atom stereocenters. The van der Waals surface area contributed by atoms with E-state index in [1.807, 2.05) is 25.1 Å². The first kappa shape index (κ1) is 23.5. The van der Waals surface area contributed by atoms with Crippen molar-refractivity contribution in [2.24, 2.45) is 5.84 Å². The number of nitrogens with one attached hydrogen (secondary N) is 1. The number of amides is 1. The van der Waals surface area contributed by atoms with E-state index < -0.39 is 0 Å². The molecule has 0 bridgehead atoms. The van der Waals surface area contributed by atoms with Crippen LogP contribution in [0.15, 0.2) is 60.7 Å². The van der Waals surface area contributed by atoms with Gasteiger partial charge < -0.3 is 4.57 Å². The highest BCUT2D eigenvalue weighted by molar-refractivity contribution is 5.98. The second-order valence-electron chi connectivity index (χ2n) is 9.33. The van der Waals surface area contributed by atoms with E-state index in [0.717, 1.165) is 64.8 Å². The molecule has 180 valence electrons. The molecule has 4 aromatic rings. The zero-order valence-electron chi connectivity index (χ0n) is 20.6.